The number of carbonyl (C=O) groups excluding carboxylic acids is 2. The largest absolute Gasteiger partial charge is 0.463 e. The Kier molecular flexibility index (Phi) is 5.64. The second-order valence-corrected chi connectivity index (χ2v) is 8.25. The lowest BCUT2D eigenvalue weighted by Crippen LogP contribution is -2.43. The maximum Gasteiger partial charge on any atom is 0.259 e. The monoisotopic (exact) mass is 444 g/mol. The molecule has 0 radical (unpaired) electrons. The van der Waals surface area contributed by atoms with Crippen LogP contribution in [-0.2, 0) is 11.3 Å². The van der Waals surface area contributed by atoms with E-state index in [1.807, 2.05) is 30.3 Å². The summed E-state index contributed by atoms with van der Waals surface area (Å²) in [4.78, 5) is 32.3. The molecular formula is C25H24N4O4. The molecule has 8 nitrogen and oxygen atoms in total. The number of nitrogens with zero attached hydrogens (tertiary/aromatic N) is 3. The number of piperidine rings is 1. The van der Waals surface area contributed by atoms with Crippen molar-refractivity contribution in [2.24, 2.45) is 5.92 Å². The number of amides is 2. The van der Waals surface area contributed by atoms with Gasteiger partial charge in [-0.2, -0.15) is 0 Å². The Hall–Kier alpha value is -3.94. The molecule has 4 aromatic rings. The van der Waals surface area contributed by atoms with Crippen LogP contribution in [0.4, 0.5) is 0 Å². The lowest BCUT2D eigenvalue weighted by Gasteiger charge is -2.31. The molecular weight excluding hydrogens is 420 g/mol. The summed E-state index contributed by atoms with van der Waals surface area (Å²) in [6.45, 7) is 3.31. The number of pyridine rings is 1. The first-order valence-electron chi connectivity index (χ1n) is 11.0. The second-order valence-electron chi connectivity index (χ2n) is 8.25. The summed E-state index contributed by atoms with van der Waals surface area (Å²) in [6.07, 6.45) is 2.80. The van der Waals surface area contributed by atoms with Gasteiger partial charge in [0.1, 0.15) is 5.69 Å². The number of aromatic nitrogens is 2. The van der Waals surface area contributed by atoms with E-state index < -0.39 is 0 Å². The Bertz CT molecular complexity index is 1270. The van der Waals surface area contributed by atoms with Gasteiger partial charge in [0.15, 0.2) is 5.76 Å². The van der Waals surface area contributed by atoms with Gasteiger partial charge < -0.3 is 19.2 Å². The number of aryl methyl sites for hydroxylation is 1. The smallest absolute Gasteiger partial charge is 0.259 e. The first-order valence-corrected chi connectivity index (χ1v) is 11.0. The molecule has 5 rings (SSSR count). The molecule has 0 saturated carbocycles. The summed E-state index contributed by atoms with van der Waals surface area (Å²) in [5, 5.41) is 7.62. The Morgan fingerprint density at radius 1 is 1.12 bits per heavy atom. The van der Waals surface area contributed by atoms with Crippen LogP contribution < -0.4 is 5.32 Å². The zero-order chi connectivity index (χ0) is 22.8. The van der Waals surface area contributed by atoms with Crippen molar-refractivity contribution in [3.63, 3.8) is 0 Å². The molecule has 8 heteroatoms. The third kappa shape index (κ3) is 4.24. The molecule has 0 bridgehead atoms. The number of furan rings is 1. The van der Waals surface area contributed by atoms with E-state index in [2.05, 4.69) is 15.5 Å². The number of fused-ring (bicyclic) bond motifs is 1. The summed E-state index contributed by atoms with van der Waals surface area (Å²) in [5.74, 6) is 0.358. The minimum atomic E-state index is -0.121. The van der Waals surface area contributed by atoms with E-state index in [1.54, 1.807) is 36.3 Å². The first kappa shape index (κ1) is 20.9. The lowest BCUT2D eigenvalue weighted by molar-refractivity contribution is -0.126. The molecule has 168 valence electrons. The standard InChI is InChI=1S/C25H24N4O4/c1-16-22-19(14-20(21-8-5-13-32-21)27-24(22)33-28-16)25(31)29-11-9-18(10-12-29)23(30)26-15-17-6-3-2-4-7-17/h2-8,13-14,18H,9-12,15H2,1H3,(H,26,30). The van der Waals surface area contributed by atoms with Crippen LogP contribution in [0.3, 0.4) is 0 Å². The van der Waals surface area contributed by atoms with E-state index in [4.69, 9.17) is 8.94 Å². The summed E-state index contributed by atoms with van der Waals surface area (Å²) in [5.41, 5.74) is 2.98. The van der Waals surface area contributed by atoms with Crippen LogP contribution in [-0.4, -0.2) is 39.9 Å². The summed E-state index contributed by atoms with van der Waals surface area (Å²) in [7, 11) is 0. The summed E-state index contributed by atoms with van der Waals surface area (Å²) < 4.78 is 10.8. The number of carbonyl (C=O) groups is 2. The Morgan fingerprint density at radius 2 is 1.91 bits per heavy atom. The van der Waals surface area contributed by atoms with Gasteiger partial charge in [0.25, 0.3) is 11.6 Å². The van der Waals surface area contributed by atoms with E-state index in [-0.39, 0.29) is 17.7 Å². The molecule has 1 saturated heterocycles. The molecule has 0 aliphatic carbocycles. The quantitative estimate of drug-likeness (QED) is 0.500. The highest BCUT2D eigenvalue weighted by Gasteiger charge is 2.30. The highest BCUT2D eigenvalue weighted by molar-refractivity contribution is 6.07. The van der Waals surface area contributed by atoms with Gasteiger partial charge in [-0.15, -0.1) is 0 Å². The number of rotatable bonds is 5. The van der Waals surface area contributed by atoms with Crippen molar-refractivity contribution in [3.05, 3.63) is 71.6 Å². The zero-order valence-electron chi connectivity index (χ0n) is 18.3. The topological polar surface area (TPSA) is 101 Å². The predicted molar refractivity (Wildman–Crippen MR) is 121 cm³/mol. The minimum absolute atomic E-state index is 0.0345. The summed E-state index contributed by atoms with van der Waals surface area (Å²) in [6, 6.07) is 15.1. The van der Waals surface area contributed by atoms with E-state index in [0.29, 0.717) is 66.3 Å². The highest BCUT2D eigenvalue weighted by Crippen LogP contribution is 2.29. The van der Waals surface area contributed by atoms with Gasteiger partial charge in [-0.3, -0.25) is 9.59 Å². The average molecular weight is 444 g/mol. The fraction of sp³-hybridized carbons (Fsp3) is 0.280. The van der Waals surface area contributed by atoms with Crippen molar-refractivity contribution in [2.75, 3.05) is 13.1 Å². The molecule has 0 spiro atoms. The number of hydrogen-bond donors (Lipinski definition) is 1. The van der Waals surface area contributed by atoms with Crippen LogP contribution >= 0.6 is 0 Å². The number of likely N-dealkylation sites (tertiary alicyclic amines) is 1. The molecule has 33 heavy (non-hydrogen) atoms. The molecule has 1 aliphatic heterocycles. The maximum atomic E-state index is 13.5. The normalized spacial score (nSPS) is 14.5. The molecule has 0 atom stereocenters. The fourth-order valence-electron chi connectivity index (χ4n) is 4.26. The van der Waals surface area contributed by atoms with Crippen LogP contribution in [0.2, 0.25) is 0 Å². The lowest BCUT2D eigenvalue weighted by atomic mass is 9.95. The van der Waals surface area contributed by atoms with E-state index in [1.165, 1.54) is 0 Å². The highest BCUT2D eigenvalue weighted by atomic mass is 16.5. The Balaban J connectivity index is 1.29. The second kappa shape index (κ2) is 8.90. The van der Waals surface area contributed by atoms with E-state index in [9.17, 15) is 9.59 Å². The molecule has 1 aliphatic rings. The van der Waals surface area contributed by atoms with Crippen LogP contribution in [0.15, 0.2) is 63.7 Å². The van der Waals surface area contributed by atoms with Crippen molar-refractivity contribution < 1.29 is 18.5 Å². The van der Waals surface area contributed by atoms with Gasteiger partial charge >= 0.3 is 0 Å². The van der Waals surface area contributed by atoms with Crippen molar-refractivity contribution in [2.45, 2.75) is 26.3 Å². The van der Waals surface area contributed by atoms with Gasteiger partial charge in [0.05, 0.1) is 22.9 Å². The third-order valence-corrected chi connectivity index (χ3v) is 6.08. The third-order valence-electron chi connectivity index (χ3n) is 6.08. The van der Waals surface area contributed by atoms with Gasteiger partial charge in [-0.1, -0.05) is 35.5 Å². The Labute approximate surface area is 190 Å². The van der Waals surface area contributed by atoms with Crippen LogP contribution in [0, 0.1) is 12.8 Å². The van der Waals surface area contributed by atoms with Crippen molar-refractivity contribution >= 4 is 22.9 Å². The summed E-state index contributed by atoms with van der Waals surface area (Å²) >= 11 is 0. The number of hydrogen-bond acceptors (Lipinski definition) is 6. The van der Waals surface area contributed by atoms with Crippen molar-refractivity contribution in [3.8, 4) is 11.5 Å². The van der Waals surface area contributed by atoms with Gasteiger partial charge in [0.2, 0.25) is 5.91 Å². The molecule has 4 heterocycles. The maximum absolute atomic E-state index is 13.5. The first-order chi connectivity index (χ1) is 16.1. The van der Waals surface area contributed by atoms with Crippen molar-refractivity contribution in [1.29, 1.82) is 0 Å². The van der Waals surface area contributed by atoms with E-state index >= 15 is 0 Å². The number of nitrogens with one attached hydrogen (secondary N) is 1. The zero-order valence-corrected chi connectivity index (χ0v) is 18.3. The molecule has 1 N–H and O–H groups in total. The van der Waals surface area contributed by atoms with Crippen LogP contribution in [0.25, 0.3) is 22.6 Å². The Morgan fingerprint density at radius 3 is 2.64 bits per heavy atom. The van der Waals surface area contributed by atoms with Crippen LogP contribution in [0.1, 0.15) is 34.5 Å². The molecule has 1 fully saturated rings. The van der Waals surface area contributed by atoms with Crippen LogP contribution in [0.5, 0.6) is 0 Å². The molecule has 2 amide bonds. The minimum Gasteiger partial charge on any atom is -0.463 e. The predicted octanol–water partition coefficient (Wildman–Crippen LogP) is 3.96. The van der Waals surface area contributed by atoms with E-state index in [0.717, 1.165) is 5.56 Å². The average Bonchev–Trinajstić information content (AvgIpc) is 3.53. The molecule has 3 aromatic heterocycles. The van der Waals surface area contributed by atoms with Gasteiger partial charge in [-0.25, -0.2) is 4.98 Å². The molecule has 0 unspecified atom stereocenters. The number of benzene rings is 1. The van der Waals surface area contributed by atoms with Gasteiger partial charge in [-0.05, 0) is 43.5 Å². The SMILES string of the molecule is Cc1noc2nc(-c3ccco3)cc(C(=O)N3CCC(C(=O)NCc4ccccc4)CC3)c12. The van der Waals surface area contributed by atoms with Gasteiger partial charge in [0, 0.05) is 25.6 Å². The fourth-order valence-corrected chi connectivity index (χ4v) is 4.26. The molecule has 1 aromatic carbocycles. The van der Waals surface area contributed by atoms with Crippen molar-refractivity contribution in [1.82, 2.24) is 20.4 Å².